The molecule has 0 aromatic heterocycles. The number of nitrogens with two attached hydrogens (primary N) is 1. The van der Waals surface area contributed by atoms with Crippen LogP contribution >= 0.6 is 15.9 Å². The van der Waals surface area contributed by atoms with Crippen molar-refractivity contribution in [2.75, 3.05) is 13.2 Å². The quantitative estimate of drug-likeness (QED) is 0.806. The summed E-state index contributed by atoms with van der Waals surface area (Å²) in [6.07, 6.45) is 0. The summed E-state index contributed by atoms with van der Waals surface area (Å²) in [7, 11) is 0. The highest BCUT2D eigenvalue weighted by atomic mass is 79.9. The summed E-state index contributed by atoms with van der Waals surface area (Å²) in [5.41, 5.74) is 6.64. The number of nitrogens with one attached hydrogen (secondary N) is 1. The molecule has 0 aliphatic heterocycles. The molecule has 0 radical (unpaired) electrons. The van der Waals surface area contributed by atoms with E-state index in [-0.39, 0.29) is 25.1 Å². The lowest BCUT2D eigenvalue weighted by Crippen LogP contribution is -2.29. The number of carbonyl (C=O) groups excluding carboxylic acids is 1. The maximum atomic E-state index is 11.3. The molecule has 0 aliphatic carbocycles. The summed E-state index contributed by atoms with van der Waals surface area (Å²) in [6, 6.07) is 7.10. The van der Waals surface area contributed by atoms with E-state index in [1.165, 1.54) is 0 Å². The highest BCUT2D eigenvalue weighted by Gasteiger charge is 2.10. The Morgan fingerprint density at radius 2 is 2.39 bits per heavy atom. The summed E-state index contributed by atoms with van der Waals surface area (Å²) in [4.78, 5) is 11.3. The molecule has 96 valence electrons. The molecule has 1 aromatic rings. The molecule has 0 spiro atoms. The number of ether oxygens (including phenoxy) is 1. The number of benzene rings is 1. The molecular formula is C12H14BrN3O2. The van der Waals surface area contributed by atoms with Crippen LogP contribution in [0.25, 0.3) is 0 Å². The number of nitrogens with zero attached hydrogens (tertiary/aromatic N) is 1. The van der Waals surface area contributed by atoms with Crippen LogP contribution in [-0.2, 0) is 4.79 Å². The Bertz CT molecular complexity index is 469. The maximum absolute atomic E-state index is 11.3. The zero-order valence-corrected chi connectivity index (χ0v) is 11.5. The van der Waals surface area contributed by atoms with E-state index in [0.29, 0.717) is 5.75 Å². The van der Waals surface area contributed by atoms with Crippen LogP contribution in [0.2, 0.25) is 0 Å². The molecule has 18 heavy (non-hydrogen) atoms. The van der Waals surface area contributed by atoms with Crippen molar-refractivity contribution in [1.29, 1.82) is 5.26 Å². The molecule has 3 N–H and O–H groups in total. The van der Waals surface area contributed by atoms with E-state index >= 15 is 0 Å². The first kappa shape index (κ1) is 14.5. The molecule has 1 atom stereocenters. The van der Waals surface area contributed by atoms with Gasteiger partial charge in [0.15, 0.2) is 6.61 Å². The van der Waals surface area contributed by atoms with E-state index in [1.807, 2.05) is 25.1 Å². The zero-order valence-electron chi connectivity index (χ0n) is 9.94. The van der Waals surface area contributed by atoms with Gasteiger partial charge < -0.3 is 15.8 Å². The van der Waals surface area contributed by atoms with E-state index in [4.69, 9.17) is 15.7 Å². The smallest absolute Gasteiger partial charge is 0.258 e. The number of carbonyl (C=O) groups is 1. The van der Waals surface area contributed by atoms with Gasteiger partial charge in [-0.2, -0.15) is 5.26 Å². The topological polar surface area (TPSA) is 88.1 Å². The van der Waals surface area contributed by atoms with Gasteiger partial charge in [0.25, 0.3) is 5.91 Å². The first-order valence-corrected chi connectivity index (χ1v) is 6.15. The van der Waals surface area contributed by atoms with Crippen molar-refractivity contribution in [1.82, 2.24) is 5.32 Å². The monoisotopic (exact) mass is 311 g/mol. The average molecular weight is 312 g/mol. The van der Waals surface area contributed by atoms with Crippen LogP contribution in [0, 0.1) is 11.3 Å². The molecule has 1 unspecified atom stereocenters. The van der Waals surface area contributed by atoms with Crippen molar-refractivity contribution in [2.45, 2.75) is 13.0 Å². The molecule has 1 aromatic carbocycles. The van der Waals surface area contributed by atoms with Crippen LogP contribution in [-0.4, -0.2) is 19.1 Å². The largest absolute Gasteiger partial charge is 0.483 e. The Balaban J connectivity index is 2.69. The third-order valence-corrected chi connectivity index (χ3v) is 2.68. The van der Waals surface area contributed by atoms with Crippen LogP contribution in [0.1, 0.15) is 18.5 Å². The number of hydrogen-bond acceptors (Lipinski definition) is 4. The van der Waals surface area contributed by atoms with Gasteiger partial charge in [-0.25, -0.2) is 0 Å². The summed E-state index contributed by atoms with van der Waals surface area (Å²) < 4.78 is 6.25. The normalized spacial score (nSPS) is 11.4. The van der Waals surface area contributed by atoms with Gasteiger partial charge in [0.1, 0.15) is 12.3 Å². The lowest BCUT2D eigenvalue weighted by Gasteiger charge is -2.14. The Morgan fingerprint density at radius 3 is 3.00 bits per heavy atom. The zero-order chi connectivity index (χ0) is 13.5. The van der Waals surface area contributed by atoms with Crippen molar-refractivity contribution < 1.29 is 9.53 Å². The van der Waals surface area contributed by atoms with Crippen LogP contribution in [0.4, 0.5) is 0 Å². The van der Waals surface area contributed by atoms with E-state index in [9.17, 15) is 4.79 Å². The van der Waals surface area contributed by atoms with E-state index in [0.717, 1.165) is 10.0 Å². The fourth-order valence-electron chi connectivity index (χ4n) is 1.34. The fraction of sp³-hybridized carbons (Fsp3) is 0.333. The minimum Gasteiger partial charge on any atom is -0.483 e. The van der Waals surface area contributed by atoms with E-state index in [1.54, 1.807) is 6.07 Å². The van der Waals surface area contributed by atoms with Gasteiger partial charge in [0.2, 0.25) is 0 Å². The van der Waals surface area contributed by atoms with Crippen molar-refractivity contribution in [3.8, 4) is 11.8 Å². The standard InChI is InChI=1S/C12H14BrN3O2/c1-8(15)10-3-2-9(13)6-11(10)18-7-12(17)16-5-4-14/h2-3,6,8H,5,7,15H2,1H3,(H,16,17). The van der Waals surface area contributed by atoms with Crippen LogP contribution in [0.5, 0.6) is 5.75 Å². The van der Waals surface area contributed by atoms with Crippen LogP contribution < -0.4 is 15.8 Å². The minimum absolute atomic E-state index is 0.0270. The van der Waals surface area contributed by atoms with Gasteiger partial charge in [-0.3, -0.25) is 4.79 Å². The molecule has 1 rings (SSSR count). The molecule has 0 bridgehead atoms. The average Bonchev–Trinajstić information content (AvgIpc) is 2.33. The number of nitriles is 1. The Morgan fingerprint density at radius 1 is 1.67 bits per heavy atom. The van der Waals surface area contributed by atoms with Crippen molar-refractivity contribution in [3.63, 3.8) is 0 Å². The summed E-state index contributed by atoms with van der Waals surface area (Å²) in [6.45, 7) is 1.67. The molecule has 0 aliphatic rings. The molecule has 0 saturated heterocycles. The van der Waals surface area contributed by atoms with E-state index in [2.05, 4.69) is 21.2 Å². The Labute approximate surface area is 114 Å². The molecular weight excluding hydrogens is 298 g/mol. The second kappa shape index (κ2) is 6.99. The summed E-state index contributed by atoms with van der Waals surface area (Å²) in [5.74, 6) is 0.221. The second-order valence-electron chi connectivity index (χ2n) is 3.69. The number of amides is 1. The highest BCUT2D eigenvalue weighted by Crippen LogP contribution is 2.27. The van der Waals surface area contributed by atoms with Gasteiger partial charge in [0, 0.05) is 16.1 Å². The molecule has 0 saturated carbocycles. The van der Waals surface area contributed by atoms with Gasteiger partial charge in [-0.1, -0.05) is 22.0 Å². The first-order chi connectivity index (χ1) is 8.54. The second-order valence-corrected chi connectivity index (χ2v) is 4.61. The van der Waals surface area contributed by atoms with Crippen molar-refractivity contribution in [2.24, 2.45) is 5.73 Å². The summed E-state index contributed by atoms with van der Waals surface area (Å²) >= 11 is 3.33. The number of halogens is 1. The third-order valence-electron chi connectivity index (χ3n) is 2.19. The minimum atomic E-state index is -0.341. The van der Waals surface area contributed by atoms with Gasteiger partial charge >= 0.3 is 0 Å². The van der Waals surface area contributed by atoms with Crippen LogP contribution in [0.3, 0.4) is 0 Å². The highest BCUT2D eigenvalue weighted by molar-refractivity contribution is 9.10. The predicted molar refractivity (Wildman–Crippen MR) is 70.9 cm³/mol. The fourth-order valence-corrected chi connectivity index (χ4v) is 1.68. The van der Waals surface area contributed by atoms with Crippen LogP contribution in [0.15, 0.2) is 22.7 Å². The number of hydrogen-bond donors (Lipinski definition) is 2. The molecule has 5 nitrogen and oxygen atoms in total. The lowest BCUT2D eigenvalue weighted by molar-refractivity contribution is -0.122. The molecule has 1 amide bonds. The van der Waals surface area contributed by atoms with Gasteiger partial charge in [-0.15, -0.1) is 0 Å². The van der Waals surface area contributed by atoms with Gasteiger partial charge in [0.05, 0.1) is 6.07 Å². The van der Waals surface area contributed by atoms with Gasteiger partial charge in [-0.05, 0) is 19.1 Å². The SMILES string of the molecule is CC(N)c1ccc(Br)cc1OCC(=O)NCC#N. The molecule has 0 heterocycles. The Kier molecular flexibility index (Phi) is 5.62. The molecule has 0 fully saturated rings. The third kappa shape index (κ3) is 4.35. The van der Waals surface area contributed by atoms with Crippen molar-refractivity contribution >= 4 is 21.8 Å². The summed E-state index contributed by atoms with van der Waals surface area (Å²) in [5, 5.41) is 10.7. The van der Waals surface area contributed by atoms with Crippen molar-refractivity contribution in [3.05, 3.63) is 28.2 Å². The maximum Gasteiger partial charge on any atom is 0.258 e. The van der Waals surface area contributed by atoms with E-state index < -0.39 is 0 Å². The predicted octanol–water partition coefficient (Wildman–Crippen LogP) is 1.49. The lowest BCUT2D eigenvalue weighted by atomic mass is 10.1. The molecule has 6 heteroatoms. The number of rotatable bonds is 5. The first-order valence-electron chi connectivity index (χ1n) is 5.36. The Hall–Kier alpha value is -1.58.